The van der Waals surface area contributed by atoms with Crippen molar-refractivity contribution >= 4 is 22.5 Å². The summed E-state index contributed by atoms with van der Waals surface area (Å²) in [7, 11) is 0. The van der Waals surface area contributed by atoms with Crippen molar-refractivity contribution in [2.75, 3.05) is 23.7 Å². The Morgan fingerprint density at radius 2 is 1.55 bits per heavy atom. The first kappa shape index (κ1) is 19.0. The van der Waals surface area contributed by atoms with E-state index in [0.29, 0.717) is 0 Å². The van der Waals surface area contributed by atoms with Crippen LogP contribution in [0.4, 0.5) is 11.6 Å². The molecule has 0 amide bonds. The standard InChI is InChI=1S/C24H27N5/c1-18-28-23(25-14-7-10-19-8-3-2-4-9-19)16-24(29-18)26-15-13-20-17-27-22-12-6-5-11-21(20)22/h2-6,8-9,11-12,16-17,27H,7,10,13-15H2,1H3,(H2,25,26,28,29). The van der Waals surface area contributed by atoms with Gasteiger partial charge in [0.1, 0.15) is 17.5 Å². The van der Waals surface area contributed by atoms with Crippen LogP contribution in [-0.4, -0.2) is 28.0 Å². The molecule has 0 saturated carbocycles. The van der Waals surface area contributed by atoms with Crippen molar-refractivity contribution in [2.45, 2.75) is 26.2 Å². The molecule has 2 aromatic heterocycles. The average Bonchev–Trinajstić information content (AvgIpc) is 3.15. The van der Waals surface area contributed by atoms with E-state index in [-0.39, 0.29) is 0 Å². The van der Waals surface area contributed by atoms with Crippen molar-refractivity contribution in [1.82, 2.24) is 15.0 Å². The second-order valence-corrected chi connectivity index (χ2v) is 7.24. The molecule has 0 saturated heterocycles. The molecule has 5 nitrogen and oxygen atoms in total. The van der Waals surface area contributed by atoms with E-state index >= 15 is 0 Å². The number of hydrogen-bond donors (Lipinski definition) is 3. The Balaban J connectivity index is 1.28. The number of nitrogens with one attached hydrogen (secondary N) is 3. The van der Waals surface area contributed by atoms with Crippen LogP contribution >= 0.6 is 0 Å². The molecule has 29 heavy (non-hydrogen) atoms. The van der Waals surface area contributed by atoms with Crippen LogP contribution in [0.2, 0.25) is 0 Å². The summed E-state index contributed by atoms with van der Waals surface area (Å²) in [5.74, 6) is 2.51. The highest BCUT2D eigenvalue weighted by atomic mass is 15.1. The first-order chi connectivity index (χ1) is 14.3. The van der Waals surface area contributed by atoms with Gasteiger partial charge in [-0.3, -0.25) is 0 Å². The maximum Gasteiger partial charge on any atom is 0.131 e. The van der Waals surface area contributed by atoms with Crippen LogP contribution in [0.15, 0.2) is 66.9 Å². The zero-order valence-electron chi connectivity index (χ0n) is 16.8. The first-order valence-corrected chi connectivity index (χ1v) is 10.2. The number of para-hydroxylation sites is 1. The fraction of sp³-hybridized carbons (Fsp3) is 0.250. The molecule has 2 aromatic carbocycles. The van der Waals surface area contributed by atoms with E-state index in [1.165, 1.54) is 22.0 Å². The number of aromatic nitrogens is 3. The highest BCUT2D eigenvalue weighted by Gasteiger charge is 2.05. The van der Waals surface area contributed by atoms with Gasteiger partial charge in [-0.25, -0.2) is 9.97 Å². The van der Waals surface area contributed by atoms with Gasteiger partial charge in [0.25, 0.3) is 0 Å². The van der Waals surface area contributed by atoms with Crippen LogP contribution in [0.25, 0.3) is 10.9 Å². The quantitative estimate of drug-likeness (QED) is 0.356. The smallest absolute Gasteiger partial charge is 0.131 e. The molecule has 0 unspecified atom stereocenters. The largest absolute Gasteiger partial charge is 0.370 e. The van der Waals surface area contributed by atoms with Gasteiger partial charge in [-0.2, -0.15) is 0 Å². The number of aromatic amines is 1. The minimum Gasteiger partial charge on any atom is -0.370 e. The van der Waals surface area contributed by atoms with E-state index in [0.717, 1.165) is 49.8 Å². The molecule has 0 spiro atoms. The third kappa shape index (κ3) is 5.13. The first-order valence-electron chi connectivity index (χ1n) is 10.2. The van der Waals surface area contributed by atoms with Gasteiger partial charge in [0.05, 0.1) is 0 Å². The van der Waals surface area contributed by atoms with Crippen LogP contribution in [0.1, 0.15) is 23.4 Å². The summed E-state index contributed by atoms with van der Waals surface area (Å²) in [6.07, 6.45) is 5.16. The third-order valence-corrected chi connectivity index (χ3v) is 5.00. The highest BCUT2D eigenvalue weighted by molar-refractivity contribution is 5.83. The predicted octanol–water partition coefficient (Wildman–Crippen LogP) is 4.97. The second kappa shape index (κ2) is 9.24. The van der Waals surface area contributed by atoms with E-state index in [1.807, 2.05) is 13.0 Å². The number of hydrogen-bond acceptors (Lipinski definition) is 4. The monoisotopic (exact) mass is 385 g/mol. The molecular formula is C24H27N5. The lowest BCUT2D eigenvalue weighted by Gasteiger charge is -2.10. The average molecular weight is 386 g/mol. The Hall–Kier alpha value is -3.34. The summed E-state index contributed by atoms with van der Waals surface area (Å²) in [4.78, 5) is 12.4. The Bertz CT molecular complexity index is 1060. The molecule has 0 radical (unpaired) electrons. The molecule has 0 atom stereocenters. The topological polar surface area (TPSA) is 65.6 Å². The van der Waals surface area contributed by atoms with Crippen molar-refractivity contribution in [3.63, 3.8) is 0 Å². The number of benzene rings is 2. The van der Waals surface area contributed by atoms with E-state index < -0.39 is 0 Å². The van der Waals surface area contributed by atoms with Gasteiger partial charge < -0.3 is 15.6 Å². The molecule has 5 heteroatoms. The SMILES string of the molecule is Cc1nc(NCCCc2ccccc2)cc(NCCc2c[nH]c3ccccc23)n1. The lowest BCUT2D eigenvalue weighted by Crippen LogP contribution is -2.10. The van der Waals surface area contributed by atoms with Gasteiger partial charge in [0.2, 0.25) is 0 Å². The summed E-state index contributed by atoms with van der Waals surface area (Å²) < 4.78 is 0. The molecule has 4 rings (SSSR count). The maximum atomic E-state index is 4.52. The van der Waals surface area contributed by atoms with Crippen LogP contribution in [-0.2, 0) is 12.8 Å². The van der Waals surface area contributed by atoms with Crippen LogP contribution in [0.5, 0.6) is 0 Å². The van der Waals surface area contributed by atoms with E-state index in [4.69, 9.17) is 0 Å². The Labute approximate surface area is 171 Å². The Morgan fingerprint density at radius 3 is 2.38 bits per heavy atom. The van der Waals surface area contributed by atoms with E-state index in [2.05, 4.69) is 86.4 Å². The van der Waals surface area contributed by atoms with Gasteiger partial charge in [-0.05, 0) is 43.4 Å². The van der Waals surface area contributed by atoms with Gasteiger partial charge >= 0.3 is 0 Å². The fourth-order valence-electron chi connectivity index (χ4n) is 3.57. The van der Waals surface area contributed by atoms with Crippen LogP contribution < -0.4 is 10.6 Å². The normalized spacial score (nSPS) is 10.9. The van der Waals surface area contributed by atoms with Crippen molar-refractivity contribution in [1.29, 1.82) is 0 Å². The van der Waals surface area contributed by atoms with Crippen LogP contribution in [0.3, 0.4) is 0 Å². The number of nitrogens with zero attached hydrogens (tertiary/aromatic N) is 2. The molecule has 0 aliphatic carbocycles. The molecule has 4 aromatic rings. The van der Waals surface area contributed by atoms with Gasteiger partial charge in [-0.1, -0.05) is 48.5 Å². The van der Waals surface area contributed by atoms with Crippen molar-refractivity contribution in [3.05, 3.63) is 83.8 Å². The summed E-state index contributed by atoms with van der Waals surface area (Å²) in [6, 6.07) is 21.0. The Morgan fingerprint density at radius 1 is 0.828 bits per heavy atom. The summed E-state index contributed by atoms with van der Waals surface area (Å²) in [6.45, 7) is 3.64. The van der Waals surface area contributed by atoms with Crippen molar-refractivity contribution in [3.8, 4) is 0 Å². The van der Waals surface area contributed by atoms with E-state index in [1.54, 1.807) is 0 Å². The molecule has 148 valence electrons. The fourth-order valence-corrected chi connectivity index (χ4v) is 3.57. The number of aryl methyl sites for hydroxylation is 2. The minimum atomic E-state index is 0.771. The number of anilines is 2. The summed E-state index contributed by atoms with van der Waals surface area (Å²) in [5, 5.41) is 8.15. The third-order valence-electron chi connectivity index (χ3n) is 5.00. The molecular weight excluding hydrogens is 358 g/mol. The molecule has 2 heterocycles. The zero-order valence-corrected chi connectivity index (χ0v) is 16.8. The maximum absolute atomic E-state index is 4.52. The molecule has 3 N–H and O–H groups in total. The molecule has 0 bridgehead atoms. The molecule has 0 aliphatic heterocycles. The van der Waals surface area contributed by atoms with Gasteiger partial charge in [-0.15, -0.1) is 0 Å². The molecule has 0 aliphatic rings. The van der Waals surface area contributed by atoms with Gasteiger partial charge in [0, 0.05) is 36.3 Å². The zero-order chi connectivity index (χ0) is 19.9. The Kier molecular flexibility index (Phi) is 6.05. The predicted molar refractivity (Wildman–Crippen MR) is 121 cm³/mol. The number of fused-ring (bicyclic) bond motifs is 1. The van der Waals surface area contributed by atoms with Crippen LogP contribution in [0, 0.1) is 6.92 Å². The minimum absolute atomic E-state index is 0.771. The van der Waals surface area contributed by atoms with E-state index in [9.17, 15) is 0 Å². The molecule has 0 fully saturated rings. The lowest BCUT2D eigenvalue weighted by molar-refractivity contribution is 0.855. The number of H-pyrrole nitrogens is 1. The second-order valence-electron chi connectivity index (χ2n) is 7.24. The summed E-state index contributed by atoms with van der Waals surface area (Å²) in [5.41, 5.74) is 3.87. The lowest BCUT2D eigenvalue weighted by atomic mass is 10.1. The van der Waals surface area contributed by atoms with Crippen molar-refractivity contribution < 1.29 is 0 Å². The highest BCUT2D eigenvalue weighted by Crippen LogP contribution is 2.18. The van der Waals surface area contributed by atoms with Crippen molar-refractivity contribution in [2.24, 2.45) is 0 Å². The van der Waals surface area contributed by atoms with Gasteiger partial charge in [0.15, 0.2) is 0 Å². The number of rotatable bonds is 9. The summed E-state index contributed by atoms with van der Waals surface area (Å²) >= 11 is 0.